The number of allylic oxidation sites excluding steroid dienone is 1. The highest BCUT2D eigenvalue weighted by molar-refractivity contribution is 7.09. The first-order valence-electron chi connectivity index (χ1n) is 5.35. The van der Waals surface area contributed by atoms with Crippen molar-refractivity contribution in [1.29, 1.82) is 0 Å². The van der Waals surface area contributed by atoms with Crippen molar-refractivity contribution in [2.75, 3.05) is 13.1 Å². The molecule has 1 N–H and O–H groups in total. The summed E-state index contributed by atoms with van der Waals surface area (Å²) in [5.74, 6) is 0. The van der Waals surface area contributed by atoms with E-state index in [9.17, 15) is 0 Å². The molecular weight excluding hydrogens is 208 g/mol. The van der Waals surface area contributed by atoms with Crippen LogP contribution in [-0.4, -0.2) is 24.2 Å². The molecule has 0 radical (unpaired) electrons. The molecule has 3 nitrogen and oxygen atoms in total. The van der Waals surface area contributed by atoms with Gasteiger partial charge in [-0.15, -0.1) is 11.3 Å². The van der Waals surface area contributed by atoms with E-state index < -0.39 is 0 Å². The van der Waals surface area contributed by atoms with Gasteiger partial charge in [-0.05, 0) is 18.9 Å². The van der Waals surface area contributed by atoms with Gasteiger partial charge in [0.05, 0.1) is 11.3 Å². The smallest absolute Gasteiger partial charge is 0.110 e. The van der Waals surface area contributed by atoms with E-state index in [-0.39, 0.29) is 0 Å². The maximum Gasteiger partial charge on any atom is 0.110 e. The number of ether oxygens (including phenoxy) is 1. The molecule has 1 aliphatic heterocycles. The Morgan fingerprint density at radius 1 is 1.60 bits per heavy atom. The molecule has 4 heteroatoms. The Bertz CT molecular complexity index is 298. The third-order valence-electron chi connectivity index (χ3n) is 2.39. The molecule has 1 aromatic heterocycles. The molecule has 2 heterocycles. The summed E-state index contributed by atoms with van der Waals surface area (Å²) in [7, 11) is 0. The van der Waals surface area contributed by atoms with E-state index in [0.29, 0.717) is 6.10 Å². The van der Waals surface area contributed by atoms with E-state index in [2.05, 4.69) is 16.4 Å². The van der Waals surface area contributed by atoms with Crippen molar-refractivity contribution in [3.8, 4) is 0 Å². The number of hydrogen-bond donors (Lipinski definition) is 1. The number of aromatic nitrogens is 1. The number of hydrogen-bond acceptors (Lipinski definition) is 4. The standard InChI is InChI=1S/C11H16N2OS/c1-2-7-14-10(3-1)9-12-5-4-11-13-6-8-15-11/h2,6-8,10,12H,1,3-5,9H2. The van der Waals surface area contributed by atoms with Crippen LogP contribution < -0.4 is 5.32 Å². The Labute approximate surface area is 94.2 Å². The van der Waals surface area contributed by atoms with Gasteiger partial charge in [-0.2, -0.15) is 0 Å². The van der Waals surface area contributed by atoms with Crippen LogP contribution >= 0.6 is 11.3 Å². The van der Waals surface area contributed by atoms with Crippen LogP contribution in [0.25, 0.3) is 0 Å². The first-order valence-corrected chi connectivity index (χ1v) is 6.22. The average molecular weight is 224 g/mol. The number of rotatable bonds is 5. The molecule has 0 saturated heterocycles. The van der Waals surface area contributed by atoms with Crippen molar-refractivity contribution in [3.05, 3.63) is 28.9 Å². The van der Waals surface area contributed by atoms with Gasteiger partial charge >= 0.3 is 0 Å². The fourth-order valence-electron chi connectivity index (χ4n) is 1.57. The maximum atomic E-state index is 5.46. The Morgan fingerprint density at radius 2 is 2.60 bits per heavy atom. The van der Waals surface area contributed by atoms with Gasteiger partial charge in [0, 0.05) is 31.1 Å². The average Bonchev–Trinajstić information content (AvgIpc) is 2.79. The fraction of sp³-hybridized carbons (Fsp3) is 0.545. The molecule has 0 aliphatic carbocycles. The van der Waals surface area contributed by atoms with E-state index in [1.165, 1.54) is 5.01 Å². The first-order chi connectivity index (χ1) is 7.45. The molecule has 0 aromatic carbocycles. The Hall–Kier alpha value is -0.870. The summed E-state index contributed by atoms with van der Waals surface area (Å²) in [6.45, 7) is 1.92. The van der Waals surface area contributed by atoms with Gasteiger partial charge in [-0.1, -0.05) is 0 Å². The normalized spacial score (nSPS) is 20.1. The molecule has 2 rings (SSSR count). The molecule has 0 fully saturated rings. The topological polar surface area (TPSA) is 34.1 Å². The van der Waals surface area contributed by atoms with E-state index in [0.717, 1.165) is 32.4 Å². The van der Waals surface area contributed by atoms with Crippen molar-refractivity contribution >= 4 is 11.3 Å². The molecule has 82 valence electrons. The minimum atomic E-state index is 0.353. The summed E-state index contributed by atoms with van der Waals surface area (Å²) >= 11 is 1.72. The molecule has 0 amide bonds. The van der Waals surface area contributed by atoms with Gasteiger partial charge in [-0.25, -0.2) is 4.98 Å². The lowest BCUT2D eigenvalue weighted by Gasteiger charge is -2.19. The third-order valence-corrected chi connectivity index (χ3v) is 3.23. The highest BCUT2D eigenvalue weighted by Crippen LogP contribution is 2.09. The van der Waals surface area contributed by atoms with Gasteiger partial charge in [0.25, 0.3) is 0 Å². The second-order valence-corrected chi connectivity index (χ2v) is 4.57. The summed E-state index contributed by atoms with van der Waals surface area (Å²) in [6.07, 6.45) is 9.38. The van der Waals surface area contributed by atoms with Gasteiger partial charge in [-0.3, -0.25) is 0 Å². The molecule has 1 atom stereocenters. The van der Waals surface area contributed by atoms with Gasteiger partial charge in [0.1, 0.15) is 6.10 Å². The quantitative estimate of drug-likeness (QED) is 0.776. The van der Waals surface area contributed by atoms with Crippen LogP contribution in [0.3, 0.4) is 0 Å². The first kappa shape index (κ1) is 10.6. The SMILES string of the molecule is C1=COC(CNCCc2nccs2)CC1. The third kappa shape index (κ3) is 3.64. The van der Waals surface area contributed by atoms with Crippen molar-refractivity contribution in [2.45, 2.75) is 25.4 Å². The monoisotopic (exact) mass is 224 g/mol. The molecule has 1 unspecified atom stereocenters. The number of nitrogens with zero attached hydrogens (tertiary/aromatic N) is 1. The minimum Gasteiger partial charge on any atom is -0.497 e. The summed E-state index contributed by atoms with van der Waals surface area (Å²) < 4.78 is 5.46. The van der Waals surface area contributed by atoms with Gasteiger partial charge in [0.15, 0.2) is 0 Å². The van der Waals surface area contributed by atoms with E-state index >= 15 is 0 Å². The predicted octanol–water partition coefficient (Wildman–Crippen LogP) is 1.97. The second kappa shape index (κ2) is 5.88. The summed E-state index contributed by atoms with van der Waals surface area (Å²) in [6, 6.07) is 0. The minimum absolute atomic E-state index is 0.353. The molecular formula is C11H16N2OS. The molecule has 0 bridgehead atoms. The van der Waals surface area contributed by atoms with Crippen molar-refractivity contribution in [3.63, 3.8) is 0 Å². The molecule has 0 spiro atoms. The maximum absolute atomic E-state index is 5.46. The van der Waals surface area contributed by atoms with Crippen molar-refractivity contribution in [1.82, 2.24) is 10.3 Å². The van der Waals surface area contributed by atoms with E-state index in [1.54, 1.807) is 11.3 Å². The second-order valence-electron chi connectivity index (χ2n) is 3.59. The highest BCUT2D eigenvalue weighted by atomic mass is 32.1. The van der Waals surface area contributed by atoms with E-state index in [4.69, 9.17) is 4.74 Å². The Balaban J connectivity index is 1.57. The number of nitrogens with one attached hydrogen (secondary N) is 1. The Morgan fingerprint density at radius 3 is 3.33 bits per heavy atom. The largest absolute Gasteiger partial charge is 0.497 e. The van der Waals surface area contributed by atoms with Gasteiger partial charge in [0.2, 0.25) is 0 Å². The van der Waals surface area contributed by atoms with Crippen LogP contribution in [0.15, 0.2) is 23.9 Å². The highest BCUT2D eigenvalue weighted by Gasteiger charge is 2.09. The zero-order valence-electron chi connectivity index (χ0n) is 8.69. The van der Waals surface area contributed by atoms with E-state index in [1.807, 2.05) is 17.8 Å². The van der Waals surface area contributed by atoms with Crippen molar-refractivity contribution < 1.29 is 4.74 Å². The predicted molar refractivity (Wildman–Crippen MR) is 61.9 cm³/mol. The number of thiazole rings is 1. The molecule has 15 heavy (non-hydrogen) atoms. The molecule has 1 aromatic rings. The fourth-order valence-corrected chi connectivity index (χ4v) is 2.19. The summed E-state index contributed by atoms with van der Waals surface area (Å²) in [5, 5.41) is 6.62. The summed E-state index contributed by atoms with van der Waals surface area (Å²) in [4.78, 5) is 4.24. The van der Waals surface area contributed by atoms with Gasteiger partial charge < -0.3 is 10.1 Å². The van der Waals surface area contributed by atoms with Crippen molar-refractivity contribution in [2.24, 2.45) is 0 Å². The summed E-state index contributed by atoms with van der Waals surface area (Å²) in [5.41, 5.74) is 0. The van der Waals surface area contributed by atoms with Crippen LogP contribution in [-0.2, 0) is 11.2 Å². The lowest BCUT2D eigenvalue weighted by Crippen LogP contribution is -2.30. The molecule has 1 aliphatic rings. The lowest BCUT2D eigenvalue weighted by atomic mass is 10.1. The lowest BCUT2D eigenvalue weighted by molar-refractivity contribution is 0.123. The van der Waals surface area contributed by atoms with Crippen LogP contribution in [0.1, 0.15) is 17.8 Å². The molecule has 0 saturated carbocycles. The van der Waals surface area contributed by atoms with Crippen LogP contribution in [0.2, 0.25) is 0 Å². The van der Waals surface area contributed by atoms with Crippen LogP contribution in [0.4, 0.5) is 0 Å². The zero-order chi connectivity index (χ0) is 10.3. The van der Waals surface area contributed by atoms with Crippen LogP contribution in [0, 0.1) is 0 Å². The zero-order valence-corrected chi connectivity index (χ0v) is 9.50. The van der Waals surface area contributed by atoms with Crippen LogP contribution in [0.5, 0.6) is 0 Å². The Kier molecular flexibility index (Phi) is 4.17.